The lowest BCUT2D eigenvalue weighted by Gasteiger charge is -2.17. The maximum Gasteiger partial charge on any atom is 0.261 e. The second-order valence-corrected chi connectivity index (χ2v) is 5.85. The van der Waals surface area contributed by atoms with Crippen molar-refractivity contribution in [1.82, 2.24) is 5.32 Å². The van der Waals surface area contributed by atoms with Crippen molar-refractivity contribution >= 4 is 5.91 Å². The zero-order valence-electron chi connectivity index (χ0n) is 14.2. The highest BCUT2D eigenvalue weighted by molar-refractivity contribution is 5.81. The highest BCUT2D eigenvalue weighted by Gasteiger charge is 2.17. The number of carbonyl (C=O) groups excluding carboxylic acids is 1. The largest absolute Gasteiger partial charge is 0.481 e. The number of hydrogen-bond acceptors (Lipinski definition) is 2. The lowest BCUT2D eigenvalue weighted by molar-refractivity contribution is -0.128. The van der Waals surface area contributed by atoms with Crippen molar-refractivity contribution in [2.75, 3.05) is 6.54 Å². The fourth-order valence-corrected chi connectivity index (χ4v) is 2.44. The molecule has 0 bridgehead atoms. The zero-order chi connectivity index (χ0) is 17.4. The van der Waals surface area contributed by atoms with Crippen molar-refractivity contribution in [3.8, 4) is 5.75 Å². The lowest BCUT2D eigenvalue weighted by atomic mass is 10.1. The number of hydrogen-bond donors (Lipinski definition) is 1. The van der Waals surface area contributed by atoms with E-state index in [1.54, 1.807) is 12.1 Å². The molecule has 128 valence electrons. The van der Waals surface area contributed by atoms with E-state index in [0.717, 1.165) is 24.0 Å². The minimum Gasteiger partial charge on any atom is -0.481 e. The molecule has 2 rings (SSSR count). The molecule has 1 N–H and O–H groups in total. The molecule has 0 heterocycles. The summed E-state index contributed by atoms with van der Waals surface area (Å²) < 4.78 is 18.6. The molecule has 0 saturated heterocycles. The molecule has 4 heteroatoms. The van der Waals surface area contributed by atoms with Crippen LogP contribution in [0.3, 0.4) is 0 Å². The molecule has 24 heavy (non-hydrogen) atoms. The SMILES string of the molecule is CC[C@H](Oc1cccc(C)c1)C(=O)NCCCc1ccc(F)cc1. The van der Waals surface area contributed by atoms with E-state index in [1.165, 1.54) is 12.1 Å². The molecular weight excluding hydrogens is 305 g/mol. The van der Waals surface area contributed by atoms with Crippen molar-refractivity contribution in [3.05, 3.63) is 65.5 Å². The van der Waals surface area contributed by atoms with Crippen LogP contribution in [0.4, 0.5) is 4.39 Å². The van der Waals surface area contributed by atoms with Crippen molar-refractivity contribution in [1.29, 1.82) is 0 Å². The predicted octanol–water partition coefficient (Wildman–Crippen LogP) is 4.04. The van der Waals surface area contributed by atoms with Crippen LogP contribution in [-0.2, 0) is 11.2 Å². The van der Waals surface area contributed by atoms with Crippen LogP contribution in [-0.4, -0.2) is 18.6 Å². The van der Waals surface area contributed by atoms with Gasteiger partial charge in [-0.25, -0.2) is 4.39 Å². The molecule has 0 aliphatic heterocycles. The fourth-order valence-electron chi connectivity index (χ4n) is 2.44. The van der Waals surface area contributed by atoms with E-state index in [1.807, 2.05) is 38.1 Å². The molecule has 3 nitrogen and oxygen atoms in total. The first kappa shape index (κ1) is 18.0. The average molecular weight is 329 g/mol. The first-order chi connectivity index (χ1) is 11.6. The van der Waals surface area contributed by atoms with Gasteiger partial charge in [-0.1, -0.05) is 31.2 Å². The van der Waals surface area contributed by atoms with Crippen LogP contribution in [0.25, 0.3) is 0 Å². The second kappa shape index (κ2) is 9.06. The molecule has 2 aromatic rings. The minimum atomic E-state index is -0.488. The monoisotopic (exact) mass is 329 g/mol. The van der Waals surface area contributed by atoms with Crippen LogP contribution in [0.15, 0.2) is 48.5 Å². The third-order valence-corrected chi connectivity index (χ3v) is 3.79. The first-order valence-corrected chi connectivity index (χ1v) is 8.34. The summed E-state index contributed by atoms with van der Waals surface area (Å²) in [5.74, 6) is 0.382. The van der Waals surface area contributed by atoms with Gasteiger partial charge in [0.05, 0.1) is 0 Å². The lowest BCUT2D eigenvalue weighted by Crippen LogP contribution is -2.38. The smallest absolute Gasteiger partial charge is 0.261 e. The maximum atomic E-state index is 12.8. The van der Waals surface area contributed by atoms with Crippen LogP contribution in [0.2, 0.25) is 0 Å². The third kappa shape index (κ3) is 5.69. The van der Waals surface area contributed by atoms with E-state index in [0.29, 0.717) is 18.7 Å². The van der Waals surface area contributed by atoms with E-state index in [9.17, 15) is 9.18 Å². The predicted molar refractivity (Wildman–Crippen MR) is 93.6 cm³/mol. The van der Waals surface area contributed by atoms with Gasteiger partial charge >= 0.3 is 0 Å². The average Bonchev–Trinajstić information content (AvgIpc) is 2.58. The number of benzene rings is 2. The number of halogens is 1. The summed E-state index contributed by atoms with van der Waals surface area (Å²) in [4.78, 5) is 12.2. The molecule has 0 fully saturated rings. The molecule has 0 aromatic heterocycles. The maximum absolute atomic E-state index is 12.8. The Bertz CT molecular complexity index is 655. The van der Waals surface area contributed by atoms with Gasteiger partial charge in [0, 0.05) is 6.54 Å². The number of rotatable bonds is 8. The fraction of sp³-hybridized carbons (Fsp3) is 0.350. The van der Waals surface area contributed by atoms with Crippen LogP contribution in [0, 0.1) is 12.7 Å². The van der Waals surface area contributed by atoms with Crippen LogP contribution in [0.5, 0.6) is 5.75 Å². The Hall–Kier alpha value is -2.36. The Morgan fingerprint density at radius 3 is 2.62 bits per heavy atom. The standard InChI is InChI=1S/C20H24FNO2/c1-3-19(24-18-8-4-6-15(2)14-18)20(23)22-13-5-7-16-9-11-17(21)12-10-16/h4,6,8-12,14,19H,3,5,7,13H2,1-2H3,(H,22,23)/t19-/m0/s1. The molecule has 1 amide bonds. The van der Waals surface area contributed by atoms with E-state index < -0.39 is 6.10 Å². The number of ether oxygens (including phenoxy) is 1. The Morgan fingerprint density at radius 2 is 1.96 bits per heavy atom. The molecule has 1 atom stereocenters. The van der Waals surface area contributed by atoms with Gasteiger partial charge in [0.15, 0.2) is 6.10 Å². The number of aryl methyl sites for hydroxylation is 2. The molecule has 0 aliphatic carbocycles. The van der Waals surface area contributed by atoms with Gasteiger partial charge in [-0.3, -0.25) is 4.79 Å². The summed E-state index contributed by atoms with van der Waals surface area (Å²) in [5, 5.41) is 2.91. The van der Waals surface area contributed by atoms with E-state index in [-0.39, 0.29) is 11.7 Å². The Morgan fingerprint density at radius 1 is 1.21 bits per heavy atom. The summed E-state index contributed by atoms with van der Waals surface area (Å²) >= 11 is 0. The molecule has 2 aromatic carbocycles. The minimum absolute atomic E-state index is 0.0990. The summed E-state index contributed by atoms with van der Waals surface area (Å²) in [6.07, 6.45) is 1.73. The summed E-state index contributed by atoms with van der Waals surface area (Å²) in [6, 6.07) is 14.1. The van der Waals surface area contributed by atoms with Gasteiger partial charge < -0.3 is 10.1 Å². The van der Waals surface area contributed by atoms with Crippen molar-refractivity contribution in [2.24, 2.45) is 0 Å². The Labute approximate surface area is 142 Å². The molecule has 0 unspecified atom stereocenters. The van der Waals surface area contributed by atoms with Gasteiger partial charge in [0.1, 0.15) is 11.6 Å². The van der Waals surface area contributed by atoms with Gasteiger partial charge in [-0.15, -0.1) is 0 Å². The summed E-state index contributed by atoms with van der Waals surface area (Å²) in [7, 11) is 0. The second-order valence-electron chi connectivity index (χ2n) is 5.85. The Balaban J connectivity index is 1.76. The molecular formula is C20H24FNO2. The zero-order valence-corrected chi connectivity index (χ0v) is 14.2. The number of amides is 1. The van der Waals surface area contributed by atoms with Gasteiger partial charge in [0.25, 0.3) is 5.91 Å². The topological polar surface area (TPSA) is 38.3 Å². The normalized spacial score (nSPS) is 11.8. The first-order valence-electron chi connectivity index (χ1n) is 8.34. The summed E-state index contributed by atoms with van der Waals surface area (Å²) in [5.41, 5.74) is 2.16. The van der Waals surface area contributed by atoms with E-state index >= 15 is 0 Å². The highest BCUT2D eigenvalue weighted by Crippen LogP contribution is 2.15. The number of nitrogens with one attached hydrogen (secondary N) is 1. The van der Waals surface area contributed by atoms with Crippen molar-refractivity contribution in [2.45, 2.75) is 39.2 Å². The number of carbonyl (C=O) groups is 1. The van der Waals surface area contributed by atoms with Gasteiger partial charge in [-0.2, -0.15) is 0 Å². The highest BCUT2D eigenvalue weighted by atomic mass is 19.1. The Kier molecular flexibility index (Phi) is 6.79. The van der Waals surface area contributed by atoms with Crippen LogP contribution >= 0.6 is 0 Å². The van der Waals surface area contributed by atoms with Gasteiger partial charge in [0.2, 0.25) is 0 Å². The molecule has 0 radical (unpaired) electrons. The van der Waals surface area contributed by atoms with Gasteiger partial charge in [-0.05, 0) is 61.6 Å². The third-order valence-electron chi connectivity index (χ3n) is 3.79. The molecule has 0 saturated carbocycles. The quantitative estimate of drug-likeness (QED) is 0.742. The molecule has 0 aliphatic rings. The summed E-state index contributed by atoms with van der Waals surface area (Å²) in [6.45, 7) is 4.49. The van der Waals surface area contributed by atoms with Crippen LogP contribution in [0.1, 0.15) is 30.9 Å². The van der Waals surface area contributed by atoms with E-state index in [4.69, 9.17) is 4.74 Å². The molecule has 0 spiro atoms. The van der Waals surface area contributed by atoms with Crippen LogP contribution < -0.4 is 10.1 Å². The van der Waals surface area contributed by atoms with Crippen molar-refractivity contribution in [3.63, 3.8) is 0 Å². The van der Waals surface area contributed by atoms with Crippen molar-refractivity contribution < 1.29 is 13.9 Å². The van der Waals surface area contributed by atoms with E-state index in [2.05, 4.69) is 5.32 Å².